The van der Waals surface area contributed by atoms with Gasteiger partial charge in [0.25, 0.3) is 0 Å². The number of nitrogens with two attached hydrogens (primary N) is 1. The predicted molar refractivity (Wildman–Crippen MR) is 86.2 cm³/mol. The number of halogens is 1. The van der Waals surface area contributed by atoms with E-state index in [2.05, 4.69) is 18.9 Å². The molecular formula is C16H25ClN2O2. The molecule has 1 aliphatic heterocycles. The van der Waals surface area contributed by atoms with Crippen LogP contribution >= 0.6 is 11.6 Å². The monoisotopic (exact) mass is 312 g/mol. The van der Waals surface area contributed by atoms with Crippen LogP contribution in [0.15, 0.2) is 18.2 Å². The summed E-state index contributed by atoms with van der Waals surface area (Å²) in [5, 5.41) is 0.639. The lowest BCUT2D eigenvalue weighted by atomic mass is 10.0. The van der Waals surface area contributed by atoms with Gasteiger partial charge in [0.1, 0.15) is 18.5 Å². The van der Waals surface area contributed by atoms with E-state index in [1.807, 2.05) is 18.2 Å². The van der Waals surface area contributed by atoms with Gasteiger partial charge in [-0.1, -0.05) is 24.6 Å². The first-order valence-corrected chi connectivity index (χ1v) is 7.93. The van der Waals surface area contributed by atoms with Crippen LogP contribution in [0.1, 0.15) is 18.9 Å². The Morgan fingerprint density at radius 3 is 3.00 bits per heavy atom. The third-order valence-corrected chi connectivity index (χ3v) is 4.08. The SMILES string of the molecule is CCC(N)Cc1ccc(OCC2CN(C)CCO2)c(Cl)c1. The van der Waals surface area contributed by atoms with Crippen molar-refractivity contribution >= 4 is 11.6 Å². The molecule has 1 fully saturated rings. The number of morpholine rings is 1. The Morgan fingerprint density at radius 2 is 2.33 bits per heavy atom. The average Bonchev–Trinajstić information content (AvgIpc) is 2.46. The van der Waals surface area contributed by atoms with Gasteiger partial charge >= 0.3 is 0 Å². The molecule has 1 aromatic rings. The smallest absolute Gasteiger partial charge is 0.138 e. The molecule has 0 aliphatic carbocycles. The van der Waals surface area contributed by atoms with Gasteiger partial charge in [-0.05, 0) is 37.6 Å². The van der Waals surface area contributed by atoms with Crippen LogP contribution in [0, 0.1) is 0 Å². The normalized spacial score (nSPS) is 21.2. The van der Waals surface area contributed by atoms with Crippen molar-refractivity contribution in [3.8, 4) is 5.75 Å². The molecule has 2 atom stereocenters. The Hall–Kier alpha value is -0.810. The number of hydrogen-bond acceptors (Lipinski definition) is 4. The van der Waals surface area contributed by atoms with Gasteiger partial charge in [0.2, 0.25) is 0 Å². The number of ether oxygens (including phenoxy) is 2. The molecule has 1 aliphatic rings. The van der Waals surface area contributed by atoms with E-state index in [1.54, 1.807) is 0 Å². The van der Waals surface area contributed by atoms with Gasteiger partial charge in [0.15, 0.2) is 0 Å². The molecule has 5 heteroatoms. The highest BCUT2D eigenvalue weighted by molar-refractivity contribution is 6.32. The molecule has 2 unspecified atom stereocenters. The first kappa shape index (κ1) is 16.6. The topological polar surface area (TPSA) is 47.7 Å². The highest BCUT2D eigenvalue weighted by Gasteiger charge is 2.18. The zero-order valence-electron chi connectivity index (χ0n) is 12.8. The number of likely N-dealkylation sites (N-methyl/N-ethyl adjacent to an activating group) is 1. The van der Waals surface area contributed by atoms with Gasteiger partial charge in [-0.3, -0.25) is 0 Å². The van der Waals surface area contributed by atoms with E-state index in [9.17, 15) is 0 Å². The van der Waals surface area contributed by atoms with Crippen LogP contribution in [0.5, 0.6) is 5.75 Å². The summed E-state index contributed by atoms with van der Waals surface area (Å²) < 4.78 is 11.5. The van der Waals surface area contributed by atoms with Crippen LogP contribution in [0.2, 0.25) is 5.02 Å². The van der Waals surface area contributed by atoms with Crippen molar-refractivity contribution in [1.29, 1.82) is 0 Å². The fraction of sp³-hybridized carbons (Fsp3) is 0.625. The quantitative estimate of drug-likeness (QED) is 0.876. The summed E-state index contributed by atoms with van der Waals surface area (Å²) >= 11 is 6.29. The minimum absolute atomic E-state index is 0.105. The molecule has 1 heterocycles. The van der Waals surface area contributed by atoms with E-state index in [0.717, 1.165) is 38.1 Å². The fourth-order valence-electron chi connectivity index (χ4n) is 2.39. The van der Waals surface area contributed by atoms with Crippen LogP contribution in [0.4, 0.5) is 0 Å². The molecular weight excluding hydrogens is 288 g/mol. The zero-order valence-corrected chi connectivity index (χ0v) is 13.6. The predicted octanol–water partition coefficient (Wildman–Crippen LogP) is 2.33. The van der Waals surface area contributed by atoms with Crippen LogP contribution in [0.25, 0.3) is 0 Å². The molecule has 0 saturated carbocycles. The molecule has 118 valence electrons. The third-order valence-electron chi connectivity index (χ3n) is 3.79. The second kappa shape index (κ2) is 7.99. The molecule has 0 spiro atoms. The molecule has 2 N–H and O–H groups in total. The Bertz CT molecular complexity index is 456. The Kier molecular flexibility index (Phi) is 6.30. The van der Waals surface area contributed by atoms with Gasteiger partial charge < -0.3 is 20.1 Å². The van der Waals surface area contributed by atoms with E-state index in [4.69, 9.17) is 26.8 Å². The first-order valence-electron chi connectivity index (χ1n) is 7.55. The average molecular weight is 313 g/mol. The van der Waals surface area contributed by atoms with E-state index >= 15 is 0 Å². The summed E-state index contributed by atoms with van der Waals surface area (Å²) in [5.74, 6) is 0.710. The largest absolute Gasteiger partial charge is 0.489 e. The lowest BCUT2D eigenvalue weighted by molar-refractivity contribution is -0.0403. The van der Waals surface area contributed by atoms with Crippen LogP contribution in [-0.2, 0) is 11.2 Å². The molecule has 0 amide bonds. The van der Waals surface area contributed by atoms with Crippen molar-refractivity contribution in [3.63, 3.8) is 0 Å². The first-order chi connectivity index (χ1) is 10.1. The van der Waals surface area contributed by atoms with Crippen molar-refractivity contribution in [2.45, 2.75) is 31.9 Å². The van der Waals surface area contributed by atoms with Crippen molar-refractivity contribution in [2.75, 3.05) is 33.4 Å². The highest BCUT2D eigenvalue weighted by atomic mass is 35.5. The van der Waals surface area contributed by atoms with Gasteiger partial charge in [-0.15, -0.1) is 0 Å². The Labute approximate surface area is 132 Å². The van der Waals surface area contributed by atoms with E-state index < -0.39 is 0 Å². The maximum Gasteiger partial charge on any atom is 0.138 e. The summed E-state index contributed by atoms with van der Waals surface area (Å²) in [7, 11) is 2.09. The number of rotatable bonds is 6. The third kappa shape index (κ3) is 5.15. The van der Waals surface area contributed by atoms with E-state index in [-0.39, 0.29) is 12.1 Å². The summed E-state index contributed by atoms with van der Waals surface area (Å²) in [6, 6.07) is 6.08. The van der Waals surface area contributed by atoms with Crippen molar-refractivity contribution in [2.24, 2.45) is 5.73 Å². The van der Waals surface area contributed by atoms with Crippen LogP contribution in [0.3, 0.4) is 0 Å². The van der Waals surface area contributed by atoms with Crippen molar-refractivity contribution in [3.05, 3.63) is 28.8 Å². The van der Waals surface area contributed by atoms with Gasteiger partial charge in [0.05, 0.1) is 11.6 Å². The standard InChI is InChI=1S/C16H25ClN2O2/c1-3-13(18)8-12-4-5-16(15(17)9-12)21-11-14-10-19(2)6-7-20-14/h4-5,9,13-14H,3,6-8,10-11,18H2,1-2H3. The maximum absolute atomic E-state index is 6.29. The van der Waals surface area contributed by atoms with Crippen LogP contribution < -0.4 is 10.5 Å². The fourth-order valence-corrected chi connectivity index (χ4v) is 2.64. The maximum atomic E-state index is 6.29. The second-order valence-corrected chi connectivity index (χ2v) is 6.11. The molecule has 2 rings (SSSR count). The van der Waals surface area contributed by atoms with Crippen molar-refractivity contribution in [1.82, 2.24) is 4.90 Å². The summed E-state index contributed by atoms with van der Waals surface area (Å²) in [6.07, 6.45) is 1.91. The molecule has 0 aromatic heterocycles. The Balaban J connectivity index is 1.88. The van der Waals surface area contributed by atoms with Gasteiger partial charge in [-0.2, -0.15) is 0 Å². The second-order valence-electron chi connectivity index (χ2n) is 5.70. The number of nitrogens with zero attached hydrogens (tertiary/aromatic N) is 1. The molecule has 4 nitrogen and oxygen atoms in total. The van der Waals surface area contributed by atoms with E-state index in [0.29, 0.717) is 17.4 Å². The Morgan fingerprint density at radius 1 is 1.52 bits per heavy atom. The van der Waals surface area contributed by atoms with Crippen LogP contribution in [-0.4, -0.2) is 50.4 Å². The zero-order chi connectivity index (χ0) is 15.2. The molecule has 1 aromatic carbocycles. The highest BCUT2D eigenvalue weighted by Crippen LogP contribution is 2.26. The summed E-state index contributed by atoms with van der Waals surface area (Å²) in [6.45, 7) is 5.24. The summed E-state index contributed by atoms with van der Waals surface area (Å²) in [4.78, 5) is 2.24. The minimum atomic E-state index is 0.105. The van der Waals surface area contributed by atoms with Crippen molar-refractivity contribution < 1.29 is 9.47 Å². The van der Waals surface area contributed by atoms with Gasteiger partial charge in [-0.25, -0.2) is 0 Å². The summed E-state index contributed by atoms with van der Waals surface area (Å²) in [5.41, 5.74) is 7.12. The lowest BCUT2D eigenvalue weighted by Gasteiger charge is -2.29. The molecule has 0 radical (unpaired) electrons. The van der Waals surface area contributed by atoms with E-state index in [1.165, 1.54) is 0 Å². The number of benzene rings is 1. The van der Waals surface area contributed by atoms with Gasteiger partial charge in [0, 0.05) is 19.1 Å². The minimum Gasteiger partial charge on any atom is -0.489 e. The molecule has 0 bridgehead atoms. The lowest BCUT2D eigenvalue weighted by Crippen LogP contribution is -2.42. The molecule has 21 heavy (non-hydrogen) atoms. The molecule has 1 saturated heterocycles. The number of hydrogen-bond donors (Lipinski definition) is 1.